The molecule has 2 rings (SSSR count). The van der Waals surface area contributed by atoms with E-state index in [2.05, 4.69) is 9.98 Å². The fourth-order valence-corrected chi connectivity index (χ4v) is 1.82. The summed E-state index contributed by atoms with van der Waals surface area (Å²) >= 11 is 5.05. The Kier molecular flexibility index (Phi) is 3.21. The molecule has 0 fully saturated rings. The quantitative estimate of drug-likeness (QED) is 0.668. The molecule has 0 saturated carbocycles. The Bertz CT molecular complexity index is 414. The SMILES string of the molecule is COCCN1C(=O)C2C=CC=NC2=NC1=S. The zero-order valence-corrected chi connectivity index (χ0v) is 9.61. The third-order valence-corrected chi connectivity index (χ3v) is 2.68. The Balaban J connectivity index is 2.22. The van der Waals surface area contributed by atoms with E-state index in [0.717, 1.165) is 0 Å². The number of allylic oxidation sites excluding steroid dienone is 1. The van der Waals surface area contributed by atoms with E-state index in [1.807, 2.05) is 0 Å². The molecule has 1 atom stereocenters. The molecule has 0 aromatic rings. The highest BCUT2D eigenvalue weighted by atomic mass is 32.1. The Hall–Kier alpha value is -1.40. The van der Waals surface area contributed by atoms with E-state index in [0.29, 0.717) is 19.0 Å². The average Bonchev–Trinajstić information content (AvgIpc) is 2.29. The average molecular weight is 237 g/mol. The number of ether oxygens (including phenoxy) is 1. The first kappa shape index (κ1) is 11.1. The van der Waals surface area contributed by atoms with Crippen LogP contribution in [0.1, 0.15) is 0 Å². The summed E-state index contributed by atoms with van der Waals surface area (Å²) in [6.45, 7) is 0.870. The fraction of sp³-hybridized carbons (Fsp3) is 0.400. The first-order chi connectivity index (χ1) is 7.74. The number of rotatable bonds is 3. The van der Waals surface area contributed by atoms with E-state index >= 15 is 0 Å². The monoisotopic (exact) mass is 237 g/mol. The lowest BCUT2D eigenvalue weighted by Gasteiger charge is -2.29. The molecule has 1 amide bonds. The van der Waals surface area contributed by atoms with Gasteiger partial charge in [0, 0.05) is 13.3 Å². The zero-order chi connectivity index (χ0) is 11.5. The van der Waals surface area contributed by atoms with E-state index in [-0.39, 0.29) is 11.0 Å². The van der Waals surface area contributed by atoms with Crippen LogP contribution in [0.3, 0.4) is 0 Å². The summed E-state index contributed by atoms with van der Waals surface area (Å²) in [5, 5.41) is 0.265. The van der Waals surface area contributed by atoms with Crippen molar-refractivity contribution in [2.24, 2.45) is 15.9 Å². The van der Waals surface area contributed by atoms with Gasteiger partial charge in [0.05, 0.1) is 13.2 Å². The van der Waals surface area contributed by atoms with Crippen LogP contribution in [0, 0.1) is 5.92 Å². The van der Waals surface area contributed by atoms with E-state index in [1.165, 1.54) is 4.90 Å². The predicted molar refractivity (Wildman–Crippen MR) is 64.7 cm³/mol. The number of dihydropyridines is 1. The summed E-state index contributed by atoms with van der Waals surface area (Å²) in [5.74, 6) is -0.000118. The highest BCUT2D eigenvalue weighted by Crippen LogP contribution is 2.18. The molecule has 0 N–H and O–H groups in total. The topological polar surface area (TPSA) is 54.3 Å². The minimum atomic E-state index is -0.395. The molecule has 2 heterocycles. The molecule has 2 aliphatic rings. The van der Waals surface area contributed by atoms with Gasteiger partial charge in [0.15, 0.2) is 0 Å². The van der Waals surface area contributed by atoms with E-state index in [1.54, 1.807) is 25.5 Å². The number of carbonyl (C=O) groups excluding carboxylic acids is 1. The minimum Gasteiger partial charge on any atom is -0.383 e. The summed E-state index contributed by atoms with van der Waals surface area (Å²) in [4.78, 5) is 21.7. The number of hydrogen-bond acceptors (Lipinski definition) is 4. The van der Waals surface area contributed by atoms with Gasteiger partial charge in [0.1, 0.15) is 11.8 Å². The molecular formula is C10H11N3O2S. The molecule has 0 aromatic carbocycles. The molecule has 0 radical (unpaired) electrons. The summed E-state index contributed by atoms with van der Waals surface area (Å²) in [5.41, 5.74) is 0. The number of carbonyl (C=O) groups is 1. The summed E-state index contributed by atoms with van der Waals surface area (Å²) in [7, 11) is 1.58. The molecular weight excluding hydrogens is 226 g/mol. The van der Waals surface area contributed by atoms with Gasteiger partial charge in [-0.15, -0.1) is 0 Å². The van der Waals surface area contributed by atoms with Crippen LogP contribution in [-0.4, -0.2) is 48.2 Å². The number of amides is 1. The summed E-state index contributed by atoms with van der Waals surface area (Å²) < 4.78 is 4.93. The second-order valence-electron chi connectivity index (χ2n) is 3.38. The second kappa shape index (κ2) is 4.63. The van der Waals surface area contributed by atoms with E-state index in [9.17, 15) is 4.79 Å². The molecule has 0 spiro atoms. The molecule has 84 valence electrons. The first-order valence-electron chi connectivity index (χ1n) is 4.87. The second-order valence-corrected chi connectivity index (χ2v) is 3.74. The normalized spacial score (nSPS) is 23.4. The van der Waals surface area contributed by atoms with Gasteiger partial charge in [-0.25, -0.2) is 9.98 Å². The predicted octanol–water partition coefficient (Wildman–Crippen LogP) is 0.415. The van der Waals surface area contributed by atoms with Crippen LogP contribution in [0.25, 0.3) is 0 Å². The molecule has 1 unspecified atom stereocenters. The molecule has 16 heavy (non-hydrogen) atoms. The van der Waals surface area contributed by atoms with Crippen molar-refractivity contribution < 1.29 is 9.53 Å². The van der Waals surface area contributed by atoms with Crippen LogP contribution in [0.5, 0.6) is 0 Å². The maximum atomic E-state index is 12.1. The van der Waals surface area contributed by atoms with Crippen molar-refractivity contribution in [3.63, 3.8) is 0 Å². The number of thiocarbonyl (C=S) groups is 1. The van der Waals surface area contributed by atoms with Gasteiger partial charge < -0.3 is 4.74 Å². The first-order valence-corrected chi connectivity index (χ1v) is 5.28. The van der Waals surface area contributed by atoms with Crippen LogP contribution in [-0.2, 0) is 9.53 Å². The van der Waals surface area contributed by atoms with Crippen molar-refractivity contribution in [1.82, 2.24) is 4.90 Å². The number of hydrogen-bond donors (Lipinski definition) is 0. The fourth-order valence-electron chi connectivity index (χ4n) is 1.55. The Morgan fingerprint density at radius 3 is 3.19 bits per heavy atom. The largest absolute Gasteiger partial charge is 0.383 e. The zero-order valence-electron chi connectivity index (χ0n) is 8.79. The maximum Gasteiger partial charge on any atom is 0.243 e. The summed E-state index contributed by atoms with van der Waals surface area (Å²) in [6, 6.07) is 0. The number of methoxy groups -OCH3 is 1. The molecule has 2 aliphatic heterocycles. The summed E-state index contributed by atoms with van der Waals surface area (Å²) in [6.07, 6.45) is 5.12. The Morgan fingerprint density at radius 2 is 2.44 bits per heavy atom. The van der Waals surface area contributed by atoms with Crippen LogP contribution < -0.4 is 0 Å². The van der Waals surface area contributed by atoms with Crippen LogP contribution >= 0.6 is 12.2 Å². The van der Waals surface area contributed by atoms with Crippen LogP contribution in [0.15, 0.2) is 22.1 Å². The van der Waals surface area contributed by atoms with Gasteiger partial charge in [0.2, 0.25) is 11.0 Å². The molecule has 5 nitrogen and oxygen atoms in total. The van der Waals surface area contributed by atoms with E-state index in [4.69, 9.17) is 17.0 Å². The minimum absolute atomic E-state index is 0.0832. The van der Waals surface area contributed by atoms with Crippen molar-refractivity contribution in [2.75, 3.05) is 20.3 Å². The van der Waals surface area contributed by atoms with Gasteiger partial charge in [0.25, 0.3) is 0 Å². The Morgan fingerprint density at radius 1 is 1.62 bits per heavy atom. The van der Waals surface area contributed by atoms with Gasteiger partial charge in [-0.1, -0.05) is 6.08 Å². The van der Waals surface area contributed by atoms with Crippen LogP contribution in [0.4, 0.5) is 0 Å². The standard InChI is InChI=1S/C10H11N3O2S/c1-15-6-5-13-9(14)7-3-2-4-11-8(7)12-10(13)16/h2-4,7H,5-6H2,1H3. The van der Waals surface area contributed by atoms with Crippen molar-refractivity contribution in [3.05, 3.63) is 12.2 Å². The highest BCUT2D eigenvalue weighted by molar-refractivity contribution is 7.80. The molecule has 6 heteroatoms. The lowest BCUT2D eigenvalue weighted by molar-refractivity contribution is -0.129. The lowest BCUT2D eigenvalue weighted by Crippen LogP contribution is -2.47. The van der Waals surface area contributed by atoms with Crippen molar-refractivity contribution in [2.45, 2.75) is 0 Å². The van der Waals surface area contributed by atoms with Gasteiger partial charge >= 0.3 is 0 Å². The van der Waals surface area contributed by atoms with Gasteiger partial charge in [-0.05, 0) is 18.3 Å². The molecule has 0 bridgehead atoms. The number of aliphatic imine (C=N–C) groups is 2. The third kappa shape index (κ3) is 1.94. The van der Waals surface area contributed by atoms with Crippen molar-refractivity contribution in [1.29, 1.82) is 0 Å². The molecule has 0 saturated heterocycles. The molecule has 0 aromatic heterocycles. The van der Waals surface area contributed by atoms with Crippen LogP contribution in [0.2, 0.25) is 0 Å². The maximum absolute atomic E-state index is 12.1. The third-order valence-electron chi connectivity index (χ3n) is 2.37. The van der Waals surface area contributed by atoms with Crippen molar-refractivity contribution >= 4 is 35.3 Å². The lowest BCUT2D eigenvalue weighted by atomic mass is 10.0. The number of nitrogens with zero attached hydrogens (tertiary/aromatic N) is 3. The number of amidine groups is 1. The van der Waals surface area contributed by atoms with Crippen molar-refractivity contribution in [3.8, 4) is 0 Å². The number of fused-ring (bicyclic) bond motifs is 1. The Labute approximate surface area is 98.5 Å². The van der Waals surface area contributed by atoms with E-state index < -0.39 is 5.92 Å². The van der Waals surface area contributed by atoms with Gasteiger partial charge in [-0.3, -0.25) is 9.69 Å². The highest BCUT2D eigenvalue weighted by Gasteiger charge is 2.34. The molecule has 0 aliphatic carbocycles. The van der Waals surface area contributed by atoms with Gasteiger partial charge in [-0.2, -0.15) is 0 Å². The smallest absolute Gasteiger partial charge is 0.243 e.